The van der Waals surface area contributed by atoms with E-state index in [-0.39, 0.29) is 0 Å². The van der Waals surface area contributed by atoms with Crippen LogP contribution in [0.15, 0.2) is 24.3 Å². The predicted molar refractivity (Wildman–Crippen MR) is 73.0 cm³/mol. The van der Waals surface area contributed by atoms with Crippen molar-refractivity contribution in [2.24, 2.45) is 0 Å². The minimum Gasteiger partial charge on any atom is -0.321 e. The number of imide groups is 1. The molecule has 102 valence electrons. The number of nitrogens with zero attached hydrogens (tertiary/aromatic N) is 2. The first kappa shape index (κ1) is 13.8. The van der Waals surface area contributed by atoms with Crippen LogP contribution in [-0.2, 0) is 0 Å². The van der Waals surface area contributed by atoms with Gasteiger partial charge in [0.25, 0.3) is 5.91 Å². The molecule has 6 heteroatoms. The molecule has 1 aromatic rings. The summed E-state index contributed by atoms with van der Waals surface area (Å²) in [5, 5.41) is 3.14. The molecule has 1 aromatic carbocycles. The lowest BCUT2D eigenvalue weighted by molar-refractivity contribution is 0.0857. The molecule has 1 aliphatic heterocycles. The fourth-order valence-corrected chi connectivity index (χ4v) is 2.08. The summed E-state index contributed by atoms with van der Waals surface area (Å²) >= 11 is 5.86. The van der Waals surface area contributed by atoms with Crippen LogP contribution in [0.4, 0.5) is 4.79 Å². The molecule has 0 spiro atoms. The zero-order valence-corrected chi connectivity index (χ0v) is 11.5. The molecule has 19 heavy (non-hydrogen) atoms. The van der Waals surface area contributed by atoms with Gasteiger partial charge in [-0.05, 0) is 19.1 Å². The van der Waals surface area contributed by atoms with Gasteiger partial charge in [0, 0.05) is 43.5 Å². The Bertz CT molecular complexity index is 469. The van der Waals surface area contributed by atoms with Crippen LogP contribution in [0.1, 0.15) is 15.9 Å². The Balaban J connectivity index is 2.05. The maximum absolute atomic E-state index is 12.1. The molecule has 1 heterocycles. The predicted octanol–water partition coefficient (Wildman–Crippen LogP) is 1.62. The number of carbonyl (C=O) groups is 2. The van der Waals surface area contributed by atoms with E-state index in [9.17, 15) is 9.59 Å². The lowest BCUT2D eigenvalue weighted by Gasteiger charge is -2.29. The van der Waals surface area contributed by atoms with Crippen LogP contribution >= 0.6 is 11.8 Å². The van der Waals surface area contributed by atoms with Crippen LogP contribution in [0.5, 0.6) is 0 Å². The molecule has 2 rings (SSSR count). The lowest BCUT2D eigenvalue weighted by Crippen LogP contribution is -2.50. The lowest BCUT2D eigenvalue weighted by atomic mass is 10.1. The number of urea groups is 1. The summed E-state index contributed by atoms with van der Waals surface area (Å²) < 4.78 is 0.663. The number of rotatable bonds is 1. The van der Waals surface area contributed by atoms with Crippen LogP contribution < -0.4 is 5.32 Å². The van der Waals surface area contributed by atoms with Crippen molar-refractivity contribution < 1.29 is 9.59 Å². The van der Waals surface area contributed by atoms with Crippen molar-refractivity contribution in [1.82, 2.24) is 14.6 Å². The van der Waals surface area contributed by atoms with Crippen LogP contribution in [0.25, 0.3) is 0 Å². The summed E-state index contributed by atoms with van der Waals surface area (Å²) in [6, 6.07) is 6.49. The minimum absolute atomic E-state index is 0.407. The van der Waals surface area contributed by atoms with Crippen molar-refractivity contribution in [2.45, 2.75) is 6.92 Å². The third kappa shape index (κ3) is 3.24. The number of halogens is 1. The average molecular weight is 282 g/mol. The summed E-state index contributed by atoms with van der Waals surface area (Å²) in [6.07, 6.45) is 0. The first-order valence-corrected chi connectivity index (χ1v) is 6.50. The van der Waals surface area contributed by atoms with Crippen molar-refractivity contribution in [3.63, 3.8) is 0 Å². The average Bonchev–Trinajstić information content (AvgIpc) is 2.46. The van der Waals surface area contributed by atoms with Crippen molar-refractivity contribution >= 4 is 23.7 Å². The van der Waals surface area contributed by atoms with Crippen molar-refractivity contribution in [3.05, 3.63) is 35.4 Å². The molecule has 0 saturated carbocycles. The maximum Gasteiger partial charge on any atom is 0.342 e. The molecular weight excluding hydrogens is 266 g/mol. The van der Waals surface area contributed by atoms with Gasteiger partial charge >= 0.3 is 6.03 Å². The number of nitrogens with one attached hydrogen (secondary N) is 1. The van der Waals surface area contributed by atoms with Gasteiger partial charge in [-0.3, -0.25) is 4.79 Å². The Morgan fingerprint density at radius 2 is 1.79 bits per heavy atom. The number of amides is 3. The Kier molecular flexibility index (Phi) is 4.39. The van der Waals surface area contributed by atoms with Crippen LogP contribution in [0.3, 0.4) is 0 Å². The van der Waals surface area contributed by atoms with Gasteiger partial charge in [0.1, 0.15) is 0 Å². The standard InChI is InChI=1S/C13H16ClN3O2/c1-10-2-4-11(5-3-10)12(18)17(14)13(19)16-8-6-15-7-9-16/h2-5,15H,6-9H2,1H3. The highest BCUT2D eigenvalue weighted by atomic mass is 35.5. The van der Waals surface area contributed by atoms with Gasteiger partial charge in [0.2, 0.25) is 0 Å². The Hall–Kier alpha value is -1.59. The molecule has 1 fully saturated rings. The van der Waals surface area contributed by atoms with E-state index >= 15 is 0 Å². The van der Waals surface area contributed by atoms with Gasteiger partial charge < -0.3 is 10.2 Å². The molecule has 3 amide bonds. The normalized spacial score (nSPS) is 15.2. The third-order valence-corrected chi connectivity index (χ3v) is 3.33. The molecule has 0 aliphatic carbocycles. The molecule has 0 radical (unpaired) electrons. The smallest absolute Gasteiger partial charge is 0.321 e. The molecule has 5 nitrogen and oxygen atoms in total. The monoisotopic (exact) mass is 281 g/mol. The number of carbonyl (C=O) groups excluding carboxylic acids is 2. The minimum atomic E-state index is -0.495. The van der Waals surface area contributed by atoms with Gasteiger partial charge in [-0.2, -0.15) is 4.42 Å². The number of hydrogen-bond acceptors (Lipinski definition) is 3. The molecule has 0 bridgehead atoms. The fourth-order valence-electron chi connectivity index (χ4n) is 1.88. The van der Waals surface area contributed by atoms with Crippen LogP contribution in [0.2, 0.25) is 0 Å². The van der Waals surface area contributed by atoms with Gasteiger partial charge in [-0.25, -0.2) is 4.79 Å². The number of piperazine rings is 1. The Morgan fingerprint density at radius 3 is 2.37 bits per heavy atom. The molecule has 0 unspecified atom stereocenters. The van der Waals surface area contributed by atoms with Crippen molar-refractivity contribution in [3.8, 4) is 0 Å². The van der Waals surface area contributed by atoms with E-state index in [0.29, 0.717) is 23.1 Å². The quantitative estimate of drug-likeness (QED) is 0.796. The van der Waals surface area contributed by atoms with E-state index in [1.54, 1.807) is 17.0 Å². The maximum atomic E-state index is 12.1. The van der Waals surface area contributed by atoms with E-state index < -0.39 is 11.9 Å². The van der Waals surface area contributed by atoms with E-state index in [1.807, 2.05) is 19.1 Å². The highest BCUT2D eigenvalue weighted by Crippen LogP contribution is 2.12. The topological polar surface area (TPSA) is 52.7 Å². The summed E-state index contributed by atoms with van der Waals surface area (Å²) in [7, 11) is 0. The van der Waals surface area contributed by atoms with Crippen LogP contribution in [0, 0.1) is 6.92 Å². The van der Waals surface area contributed by atoms with E-state index in [0.717, 1.165) is 18.7 Å². The number of benzene rings is 1. The Morgan fingerprint density at radius 1 is 1.21 bits per heavy atom. The summed E-state index contributed by atoms with van der Waals surface area (Å²) in [6.45, 7) is 4.48. The summed E-state index contributed by atoms with van der Waals surface area (Å²) in [5.74, 6) is -0.495. The SMILES string of the molecule is Cc1ccc(C(=O)N(Cl)C(=O)N2CCNCC2)cc1. The number of aryl methyl sites for hydroxylation is 1. The molecule has 0 aromatic heterocycles. The molecule has 1 aliphatic rings. The van der Waals surface area contributed by atoms with Crippen molar-refractivity contribution in [2.75, 3.05) is 26.2 Å². The summed E-state index contributed by atoms with van der Waals surface area (Å²) in [4.78, 5) is 25.7. The molecule has 1 saturated heterocycles. The van der Waals surface area contributed by atoms with Gasteiger partial charge in [0.15, 0.2) is 0 Å². The molecule has 0 atom stereocenters. The van der Waals surface area contributed by atoms with Gasteiger partial charge in [-0.15, -0.1) is 0 Å². The third-order valence-electron chi connectivity index (χ3n) is 3.03. The fraction of sp³-hybridized carbons (Fsp3) is 0.385. The zero-order valence-electron chi connectivity index (χ0n) is 10.7. The number of hydrogen-bond donors (Lipinski definition) is 1. The largest absolute Gasteiger partial charge is 0.342 e. The molecular formula is C13H16ClN3O2. The van der Waals surface area contributed by atoms with E-state index in [2.05, 4.69) is 5.32 Å². The summed E-state index contributed by atoms with van der Waals surface area (Å²) in [5.41, 5.74) is 1.45. The zero-order chi connectivity index (χ0) is 13.8. The first-order chi connectivity index (χ1) is 9.09. The molecule has 1 N–H and O–H groups in total. The second-order valence-electron chi connectivity index (χ2n) is 4.47. The second kappa shape index (κ2) is 6.04. The van der Waals surface area contributed by atoms with E-state index in [4.69, 9.17) is 11.8 Å². The highest BCUT2D eigenvalue weighted by Gasteiger charge is 2.26. The first-order valence-electron chi connectivity index (χ1n) is 6.16. The van der Waals surface area contributed by atoms with Crippen LogP contribution in [-0.4, -0.2) is 47.4 Å². The van der Waals surface area contributed by atoms with Gasteiger partial charge in [0.05, 0.1) is 0 Å². The second-order valence-corrected chi connectivity index (χ2v) is 4.81. The van der Waals surface area contributed by atoms with Crippen molar-refractivity contribution in [1.29, 1.82) is 0 Å². The Labute approximate surface area is 117 Å². The highest BCUT2D eigenvalue weighted by molar-refractivity contribution is 6.32. The van der Waals surface area contributed by atoms with Gasteiger partial charge in [-0.1, -0.05) is 17.7 Å². The van der Waals surface area contributed by atoms with E-state index in [1.165, 1.54) is 0 Å².